The van der Waals surface area contributed by atoms with Crippen LogP contribution in [0.2, 0.25) is 0 Å². The Morgan fingerprint density at radius 3 is 2.44 bits per heavy atom. The third kappa shape index (κ3) is 4.11. The van der Waals surface area contributed by atoms with Crippen molar-refractivity contribution >= 4 is 11.9 Å². The summed E-state index contributed by atoms with van der Waals surface area (Å²) in [7, 11) is 0. The fourth-order valence-electron chi connectivity index (χ4n) is 4.79. The molecule has 2 fully saturated rings. The zero-order chi connectivity index (χ0) is 24.5. The van der Waals surface area contributed by atoms with Crippen LogP contribution in [0.4, 0.5) is 5.95 Å². The molecule has 0 bridgehead atoms. The first-order valence-electron chi connectivity index (χ1n) is 12.0. The van der Waals surface area contributed by atoms with Crippen molar-refractivity contribution in [2.24, 2.45) is 0 Å². The molecule has 2 aliphatic rings. The van der Waals surface area contributed by atoms with E-state index in [2.05, 4.69) is 44.5 Å². The molecule has 0 spiro atoms. The van der Waals surface area contributed by atoms with Crippen LogP contribution in [0.25, 0.3) is 22.6 Å². The van der Waals surface area contributed by atoms with Gasteiger partial charge in [-0.3, -0.25) is 9.48 Å². The van der Waals surface area contributed by atoms with Crippen LogP contribution >= 0.6 is 0 Å². The van der Waals surface area contributed by atoms with E-state index < -0.39 is 0 Å². The van der Waals surface area contributed by atoms with Crippen molar-refractivity contribution < 1.29 is 14.1 Å². The summed E-state index contributed by atoms with van der Waals surface area (Å²) in [6, 6.07) is 8.33. The normalized spacial score (nSPS) is 17.1. The molecule has 3 aromatic heterocycles. The summed E-state index contributed by atoms with van der Waals surface area (Å²) in [6.07, 6.45) is 9.85. The fourth-order valence-corrected chi connectivity index (χ4v) is 4.79. The topological polar surface area (TPSA) is 138 Å². The lowest BCUT2D eigenvalue weighted by Gasteiger charge is -2.39. The van der Waals surface area contributed by atoms with E-state index in [1.54, 1.807) is 34.4 Å². The summed E-state index contributed by atoms with van der Waals surface area (Å²) in [5.41, 5.74) is 9.08. The second-order valence-electron chi connectivity index (χ2n) is 9.19. The van der Waals surface area contributed by atoms with Gasteiger partial charge in [-0.1, -0.05) is 35.8 Å². The molecule has 1 saturated carbocycles. The number of aromatic nitrogens is 6. The van der Waals surface area contributed by atoms with Crippen molar-refractivity contribution in [3.05, 3.63) is 60.4 Å². The molecule has 1 aliphatic heterocycles. The Hall–Kier alpha value is -4.12. The van der Waals surface area contributed by atoms with Crippen LogP contribution in [0, 0.1) is 0 Å². The summed E-state index contributed by atoms with van der Waals surface area (Å²) in [4.78, 5) is 27.2. The van der Waals surface area contributed by atoms with Gasteiger partial charge in [0.05, 0.1) is 30.4 Å². The molecule has 1 aromatic carbocycles. The SMILES string of the molecule is Nc1ncc(-c2ccc(C3(c4noc(-c5cnn(CC(=O)N6CCOCC6)c5)n4)CCC3)cc2)cn1. The second kappa shape index (κ2) is 9.15. The highest BCUT2D eigenvalue weighted by Crippen LogP contribution is 2.48. The lowest BCUT2D eigenvalue weighted by Crippen LogP contribution is -2.42. The van der Waals surface area contributed by atoms with Crippen LogP contribution in [0.15, 0.2) is 53.6 Å². The summed E-state index contributed by atoms with van der Waals surface area (Å²) in [6.45, 7) is 2.52. The smallest absolute Gasteiger partial charge is 0.261 e. The minimum absolute atomic E-state index is 0.0153. The first kappa shape index (κ1) is 22.4. The maximum absolute atomic E-state index is 12.5. The lowest BCUT2D eigenvalue weighted by molar-refractivity contribution is -0.136. The largest absolute Gasteiger partial charge is 0.378 e. The Labute approximate surface area is 207 Å². The van der Waals surface area contributed by atoms with Crippen LogP contribution in [0.1, 0.15) is 30.7 Å². The molecule has 0 radical (unpaired) electrons. The highest BCUT2D eigenvalue weighted by atomic mass is 16.5. The first-order chi connectivity index (χ1) is 17.6. The van der Waals surface area contributed by atoms with Crippen LogP contribution in [0.3, 0.4) is 0 Å². The van der Waals surface area contributed by atoms with E-state index in [0.717, 1.165) is 36.0 Å². The molecule has 4 heterocycles. The van der Waals surface area contributed by atoms with E-state index in [-0.39, 0.29) is 23.8 Å². The van der Waals surface area contributed by atoms with Crippen molar-refractivity contribution in [2.75, 3.05) is 32.0 Å². The van der Waals surface area contributed by atoms with Crippen LogP contribution in [0.5, 0.6) is 0 Å². The van der Waals surface area contributed by atoms with Crippen LogP contribution < -0.4 is 5.73 Å². The maximum Gasteiger partial charge on any atom is 0.261 e. The summed E-state index contributed by atoms with van der Waals surface area (Å²) in [5, 5.41) is 8.68. The number of nitrogens with zero attached hydrogens (tertiary/aromatic N) is 7. The third-order valence-electron chi connectivity index (χ3n) is 7.05. The average molecular weight is 487 g/mol. The van der Waals surface area contributed by atoms with E-state index in [1.807, 2.05) is 0 Å². The Morgan fingerprint density at radius 1 is 1.00 bits per heavy atom. The highest BCUT2D eigenvalue weighted by Gasteiger charge is 2.44. The molecule has 184 valence electrons. The van der Waals surface area contributed by atoms with Gasteiger partial charge in [-0.05, 0) is 24.0 Å². The molecule has 0 unspecified atom stereocenters. The number of nitrogen functional groups attached to an aromatic ring is 1. The zero-order valence-corrected chi connectivity index (χ0v) is 19.7. The van der Waals surface area contributed by atoms with Gasteiger partial charge < -0.3 is 19.9 Å². The Bertz CT molecular complexity index is 1350. The quantitative estimate of drug-likeness (QED) is 0.435. The van der Waals surface area contributed by atoms with Gasteiger partial charge >= 0.3 is 0 Å². The molecular weight excluding hydrogens is 460 g/mol. The average Bonchev–Trinajstić information content (AvgIpc) is 3.55. The number of amides is 1. The van der Waals surface area contributed by atoms with Crippen molar-refractivity contribution in [3.63, 3.8) is 0 Å². The second-order valence-corrected chi connectivity index (χ2v) is 9.19. The number of morpholine rings is 1. The predicted octanol–water partition coefficient (Wildman–Crippen LogP) is 2.30. The molecule has 11 heteroatoms. The molecule has 6 rings (SSSR count). The van der Waals surface area contributed by atoms with Gasteiger partial charge in [-0.15, -0.1) is 0 Å². The van der Waals surface area contributed by atoms with E-state index in [1.165, 1.54) is 0 Å². The maximum atomic E-state index is 12.5. The molecule has 1 aliphatic carbocycles. The highest BCUT2D eigenvalue weighted by molar-refractivity contribution is 5.76. The molecule has 36 heavy (non-hydrogen) atoms. The Kier molecular flexibility index (Phi) is 5.68. The number of carbonyl (C=O) groups excluding carboxylic acids is 1. The zero-order valence-electron chi connectivity index (χ0n) is 19.7. The molecule has 1 saturated heterocycles. The van der Waals surface area contributed by atoms with Crippen molar-refractivity contribution in [2.45, 2.75) is 31.2 Å². The number of benzene rings is 1. The van der Waals surface area contributed by atoms with Crippen molar-refractivity contribution in [1.29, 1.82) is 0 Å². The predicted molar refractivity (Wildman–Crippen MR) is 129 cm³/mol. The molecule has 0 atom stereocenters. The van der Waals surface area contributed by atoms with Gasteiger partial charge in [-0.25, -0.2) is 9.97 Å². The summed E-state index contributed by atoms with van der Waals surface area (Å²) >= 11 is 0. The van der Waals surface area contributed by atoms with Gasteiger partial charge in [0.25, 0.3) is 5.89 Å². The van der Waals surface area contributed by atoms with E-state index in [0.29, 0.717) is 43.6 Å². The number of nitrogens with two attached hydrogens (primary N) is 1. The van der Waals surface area contributed by atoms with Crippen LogP contribution in [-0.2, 0) is 21.5 Å². The van der Waals surface area contributed by atoms with Gasteiger partial charge in [0.2, 0.25) is 11.9 Å². The van der Waals surface area contributed by atoms with Crippen molar-refractivity contribution in [3.8, 4) is 22.6 Å². The third-order valence-corrected chi connectivity index (χ3v) is 7.05. The number of ether oxygens (including phenoxy) is 1. The molecule has 2 N–H and O–H groups in total. The number of rotatable bonds is 6. The van der Waals surface area contributed by atoms with Crippen LogP contribution in [-0.4, -0.2) is 67.0 Å². The Balaban J connectivity index is 1.19. The molecule has 1 amide bonds. The summed E-state index contributed by atoms with van der Waals surface area (Å²) in [5.74, 6) is 1.34. The number of anilines is 1. The van der Waals surface area contributed by atoms with Gasteiger partial charge in [0.1, 0.15) is 6.54 Å². The fraction of sp³-hybridized carbons (Fsp3) is 0.360. The lowest BCUT2D eigenvalue weighted by atomic mass is 9.64. The molecular formula is C25H26N8O3. The number of hydrogen-bond acceptors (Lipinski definition) is 9. The summed E-state index contributed by atoms with van der Waals surface area (Å²) < 4.78 is 12.6. The van der Waals surface area contributed by atoms with E-state index in [9.17, 15) is 4.79 Å². The monoisotopic (exact) mass is 486 g/mol. The minimum Gasteiger partial charge on any atom is -0.378 e. The van der Waals surface area contributed by atoms with Gasteiger partial charge in [-0.2, -0.15) is 10.1 Å². The standard InChI is InChI=1S/C25H26N8O3/c26-24-27-12-18(13-28-24)17-2-4-20(5-3-17)25(6-1-7-25)23-30-22(36-31-23)19-14-29-33(15-19)16-21(34)32-8-10-35-11-9-32/h2-5,12-15H,1,6-11,16H2,(H2,26,27,28). The molecule has 11 nitrogen and oxygen atoms in total. The van der Waals surface area contributed by atoms with E-state index >= 15 is 0 Å². The van der Waals surface area contributed by atoms with E-state index in [4.69, 9.17) is 20.0 Å². The van der Waals surface area contributed by atoms with Gasteiger partial charge in [0, 0.05) is 37.2 Å². The Morgan fingerprint density at radius 2 is 1.75 bits per heavy atom. The number of hydrogen-bond donors (Lipinski definition) is 1. The number of carbonyl (C=O) groups is 1. The minimum atomic E-state index is -0.278. The molecule has 4 aromatic rings. The van der Waals surface area contributed by atoms with Crippen molar-refractivity contribution in [1.82, 2.24) is 34.8 Å². The first-order valence-corrected chi connectivity index (χ1v) is 12.0. The van der Waals surface area contributed by atoms with Gasteiger partial charge in [0.15, 0.2) is 5.82 Å².